The highest BCUT2D eigenvalue weighted by Gasteiger charge is 2.27. The van der Waals surface area contributed by atoms with Crippen LogP contribution in [0.25, 0.3) is 0 Å². The molecule has 2 atom stereocenters. The summed E-state index contributed by atoms with van der Waals surface area (Å²) >= 11 is 0. The van der Waals surface area contributed by atoms with Crippen molar-refractivity contribution >= 4 is 11.6 Å². The van der Waals surface area contributed by atoms with Gasteiger partial charge in [-0.3, -0.25) is 10.1 Å². The maximum absolute atomic E-state index is 11.6. The maximum atomic E-state index is 11.6. The molecule has 1 N–H and O–H groups in total. The number of hydrogen-bond donors (Lipinski definition) is 1. The summed E-state index contributed by atoms with van der Waals surface area (Å²) in [5.41, 5.74) is 3.29. The highest BCUT2D eigenvalue weighted by atomic mass is 16.5. The van der Waals surface area contributed by atoms with Crippen molar-refractivity contribution < 1.29 is 9.53 Å². The lowest BCUT2D eigenvalue weighted by Gasteiger charge is -2.13. The van der Waals surface area contributed by atoms with Gasteiger partial charge in [0.2, 0.25) is 5.91 Å². The van der Waals surface area contributed by atoms with E-state index in [2.05, 4.69) is 17.4 Å². The second-order valence-corrected chi connectivity index (χ2v) is 4.69. The highest BCUT2D eigenvalue weighted by Crippen LogP contribution is 2.32. The van der Waals surface area contributed by atoms with Gasteiger partial charge in [-0.15, -0.1) is 0 Å². The van der Waals surface area contributed by atoms with E-state index in [9.17, 15) is 4.79 Å². The van der Waals surface area contributed by atoms with E-state index in [0.717, 1.165) is 23.4 Å². The summed E-state index contributed by atoms with van der Waals surface area (Å²) in [5.74, 6) is 0.163. The smallest absolute Gasteiger partial charge is 0.231 e. The first kappa shape index (κ1) is 10.7. The van der Waals surface area contributed by atoms with Gasteiger partial charge < -0.3 is 9.64 Å². The number of likely N-dealkylation sites (N-methyl/N-ethyl adjacent to an activating group) is 1. The topological polar surface area (TPSA) is 41.6 Å². The zero-order valence-electron chi connectivity index (χ0n) is 10.1. The van der Waals surface area contributed by atoms with Gasteiger partial charge in [-0.25, -0.2) is 0 Å². The van der Waals surface area contributed by atoms with Crippen molar-refractivity contribution in [2.24, 2.45) is 0 Å². The van der Waals surface area contributed by atoms with Crippen LogP contribution in [0.1, 0.15) is 24.2 Å². The van der Waals surface area contributed by atoms with E-state index in [1.165, 1.54) is 0 Å². The molecule has 0 aromatic heterocycles. The Morgan fingerprint density at radius 1 is 1.47 bits per heavy atom. The molecule has 0 spiro atoms. The minimum atomic E-state index is 0.108. The third-order valence-corrected chi connectivity index (χ3v) is 3.51. The van der Waals surface area contributed by atoms with Crippen LogP contribution in [-0.4, -0.2) is 25.7 Å². The van der Waals surface area contributed by atoms with Crippen LogP contribution in [0.5, 0.6) is 0 Å². The molecule has 2 unspecified atom stereocenters. The van der Waals surface area contributed by atoms with Crippen molar-refractivity contribution in [2.75, 3.05) is 18.5 Å². The highest BCUT2D eigenvalue weighted by molar-refractivity contribution is 6.00. The fourth-order valence-electron chi connectivity index (χ4n) is 2.50. The van der Waals surface area contributed by atoms with E-state index in [-0.39, 0.29) is 18.2 Å². The second-order valence-electron chi connectivity index (χ2n) is 4.69. The number of ether oxygens (including phenoxy) is 1. The predicted octanol–water partition coefficient (Wildman–Crippen LogP) is 1.21. The van der Waals surface area contributed by atoms with Crippen LogP contribution in [0.2, 0.25) is 0 Å². The molecular formula is C13H16N2O2. The number of benzene rings is 1. The fraction of sp³-hybridized carbons (Fsp3) is 0.462. The van der Waals surface area contributed by atoms with Crippen LogP contribution in [0.15, 0.2) is 18.2 Å². The van der Waals surface area contributed by atoms with E-state index < -0.39 is 0 Å². The molecule has 1 saturated heterocycles. The fourth-order valence-corrected chi connectivity index (χ4v) is 2.50. The lowest BCUT2D eigenvalue weighted by Crippen LogP contribution is -2.20. The molecule has 3 rings (SSSR count). The standard InChI is InChI=1S/C13H16N2O2/c1-8-14-7-12(17-8)9-3-4-11-10(5-9)6-13(16)15(11)2/h3-5,8,12,14H,6-7H2,1-2H3. The van der Waals surface area contributed by atoms with E-state index in [1.807, 2.05) is 20.0 Å². The summed E-state index contributed by atoms with van der Waals surface area (Å²) in [6, 6.07) is 6.17. The van der Waals surface area contributed by atoms with Crippen molar-refractivity contribution in [2.45, 2.75) is 25.7 Å². The van der Waals surface area contributed by atoms with Crippen molar-refractivity contribution in [1.82, 2.24) is 5.32 Å². The minimum absolute atomic E-state index is 0.108. The first-order valence-corrected chi connectivity index (χ1v) is 5.93. The summed E-state index contributed by atoms with van der Waals surface area (Å²) in [4.78, 5) is 13.3. The molecule has 0 bridgehead atoms. The molecule has 2 aliphatic rings. The van der Waals surface area contributed by atoms with Crippen LogP contribution in [0.4, 0.5) is 5.69 Å². The van der Waals surface area contributed by atoms with Crippen LogP contribution in [0, 0.1) is 0 Å². The van der Waals surface area contributed by atoms with Gasteiger partial charge in [-0.2, -0.15) is 0 Å². The summed E-state index contributed by atoms with van der Waals surface area (Å²) in [5, 5.41) is 3.25. The van der Waals surface area contributed by atoms with Crippen molar-refractivity contribution in [3.05, 3.63) is 29.3 Å². The van der Waals surface area contributed by atoms with Crippen molar-refractivity contribution in [3.63, 3.8) is 0 Å². The summed E-state index contributed by atoms with van der Waals surface area (Å²) in [7, 11) is 1.82. The Morgan fingerprint density at radius 2 is 2.29 bits per heavy atom. The third-order valence-electron chi connectivity index (χ3n) is 3.51. The molecule has 1 aromatic carbocycles. The number of fused-ring (bicyclic) bond motifs is 1. The maximum Gasteiger partial charge on any atom is 0.231 e. The molecule has 2 aliphatic heterocycles. The van der Waals surface area contributed by atoms with Crippen molar-refractivity contribution in [3.8, 4) is 0 Å². The van der Waals surface area contributed by atoms with Crippen LogP contribution in [0.3, 0.4) is 0 Å². The molecule has 0 aliphatic carbocycles. The Labute approximate surface area is 101 Å². The lowest BCUT2D eigenvalue weighted by atomic mass is 10.0. The second kappa shape index (κ2) is 3.82. The normalized spacial score (nSPS) is 27.6. The van der Waals surface area contributed by atoms with Crippen molar-refractivity contribution in [1.29, 1.82) is 0 Å². The monoisotopic (exact) mass is 232 g/mol. The van der Waals surface area contributed by atoms with Gasteiger partial charge in [0, 0.05) is 19.3 Å². The Balaban J connectivity index is 1.90. The Morgan fingerprint density at radius 3 is 3.00 bits per heavy atom. The molecule has 1 fully saturated rings. The van der Waals surface area contributed by atoms with Gasteiger partial charge >= 0.3 is 0 Å². The molecule has 17 heavy (non-hydrogen) atoms. The van der Waals surface area contributed by atoms with Crippen LogP contribution >= 0.6 is 0 Å². The number of rotatable bonds is 1. The number of carbonyl (C=O) groups is 1. The molecule has 0 radical (unpaired) electrons. The van der Waals surface area contributed by atoms with Gasteiger partial charge in [-0.05, 0) is 24.1 Å². The Kier molecular flexibility index (Phi) is 2.42. The average Bonchev–Trinajstić information content (AvgIpc) is 2.85. The van der Waals surface area contributed by atoms with E-state index >= 15 is 0 Å². The van der Waals surface area contributed by atoms with E-state index in [1.54, 1.807) is 4.90 Å². The summed E-state index contributed by atoms with van der Waals surface area (Å²) < 4.78 is 5.75. The number of anilines is 1. The molecule has 4 heteroatoms. The summed E-state index contributed by atoms with van der Waals surface area (Å²) in [6.45, 7) is 2.84. The first-order chi connectivity index (χ1) is 8.15. The van der Waals surface area contributed by atoms with Crippen LogP contribution in [-0.2, 0) is 16.0 Å². The third kappa shape index (κ3) is 1.73. The lowest BCUT2D eigenvalue weighted by molar-refractivity contribution is -0.117. The number of amides is 1. The molecule has 2 heterocycles. The van der Waals surface area contributed by atoms with Crippen LogP contribution < -0.4 is 10.2 Å². The largest absolute Gasteiger partial charge is 0.354 e. The number of nitrogens with zero attached hydrogens (tertiary/aromatic N) is 1. The molecule has 90 valence electrons. The molecule has 4 nitrogen and oxygen atoms in total. The molecular weight excluding hydrogens is 216 g/mol. The first-order valence-electron chi connectivity index (χ1n) is 5.93. The molecule has 1 amide bonds. The average molecular weight is 232 g/mol. The van der Waals surface area contributed by atoms with E-state index in [4.69, 9.17) is 4.74 Å². The zero-order valence-corrected chi connectivity index (χ0v) is 10.1. The van der Waals surface area contributed by atoms with Gasteiger partial charge in [-0.1, -0.05) is 12.1 Å². The van der Waals surface area contributed by atoms with E-state index in [0.29, 0.717) is 6.42 Å². The minimum Gasteiger partial charge on any atom is -0.354 e. The predicted molar refractivity (Wildman–Crippen MR) is 64.8 cm³/mol. The number of nitrogens with one attached hydrogen (secondary N) is 1. The Hall–Kier alpha value is -1.39. The summed E-state index contributed by atoms with van der Waals surface area (Å²) in [6.07, 6.45) is 0.726. The van der Waals surface area contributed by atoms with Gasteiger partial charge in [0.1, 0.15) is 6.23 Å². The van der Waals surface area contributed by atoms with Gasteiger partial charge in [0.25, 0.3) is 0 Å². The molecule has 1 aromatic rings. The van der Waals surface area contributed by atoms with Gasteiger partial charge in [0.15, 0.2) is 0 Å². The SMILES string of the molecule is CC1NCC(c2ccc3c(c2)CC(=O)N3C)O1. The quantitative estimate of drug-likeness (QED) is 0.791. The van der Waals surface area contributed by atoms with Gasteiger partial charge in [0.05, 0.1) is 12.5 Å². The molecule has 0 saturated carbocycles. The Bertz CT molecular complexity index is 472. The number of carbonyl (C=O) groups excluding carboxylic acids is 1. The number of hydrogen-bond acceptors (Lipinski definition) is 3. The zero-order chi connectivity index (χ0) is 12.0.